The Morgan fingerprint density at radius 1 is 0.639 bits per heavy atom. The largest absolute Gasteiger partial charge is 0.126 e. The number of benzene rings is 4. The van der Waals surface area contributed by atoms with Crippen LogP contribution in [0.2, 0.25) is 12.1 Å². The fourth-order valence-corrected chi connectivity index (χ4v) is 9.00. The molecule has 36 heavy (non-hydrogen) atoms. The van der Waals surface area contributed by atoms with Crippen LogP contribution in [0.1, 0.15) is 19.3 Å². The van der Waals surface area contributed by atoms with Crippen molar-refractivity contribution in [3.8, 4) is 22.3 Å². The average Bonchev–Trinajstić information content (AvgIpc) is 3.73. The van der Waals surface area contributed by atoms with Crippen LogP contribution in [0.15, 0.2) is 121 Å². The molecule has 0 spiro atoms. The molecular formula is C34H30SiZr. The molecule has 1 aliphatic heterocycles. The van der Waals surface area contributed by atoms with Crippen LogP contribution < -0.4 is 0 Å². The summed E-state index contributed by atoms with van der Waals surface area (Å²) in [5.41, 5.74) is 5.40. The minimum absolute atomic E-state index is 0.333. The third-order valence-electron chi connectivity index (χ3n) is 6.71. The molecule has 174 valence electrons. The van der Waals surface area contributed by atoms with Crippen molar-refractivity contribution in [1.82, 2.24) is 0 Å². The van der Waals surface area contributed by atoms with E-state index < -0.39 is 0 Å². The van der Waals surface area contributed by atoms with E-state index in [0.29, 0.717) is 5.43 Å². The van der Waals surface area contributed by atoms with Gasteiger partial charge in [-0.3, -0.25) is 6.08 Å². The van der Waals surface area contributed by atoms with Gasteiger partial charge in [0.1, 0.15) is 0 Å². The summed E-state index contributed by atoms with van der Waals surface area (Å²) < 4.78 is 0. The molecule has 2 aliphatic rings. The maximum atomic E-state index is 2.99. The summed E-state index contributed by atoms with van der Waals surface area (Å²) in [4.78, 5) is 0. The van der Waals surface area contributed by atoms with Crippen LogP contribution in [0.4, 0.5) is 0 Å². The van der Waals surface area contributed by atoms with Crippen LogP contribution in [0.3, 0.4) is 0 Å². The van der Waals surface area contributed by atoms with Crippen LogP contribution in [0.5, 0.6) is 0 Å². The monoisotopic (exact) mass is 556 g/mol. The van der Waals surface area contributed by atoms with E-state index in [9.17, 15) is 0 Å². The molecular weight excluding hydrogens is 528 g/mol. The summed E-state index contributed by atoms with van der Waals surface area (Å²) in [5, 5.41) is 5.27. The summed E-state index contributed by atoms with van der Waals surface area (Å²) in [6.45, 7) is 0. The molecule has 1 fully saturated rings. The standard InChI is InChI=1S/C25H17.C5H5.C4H8Si.Zr/c1-3-7-18(8-4-1)20-11-13-24-22(15-20)17-23-16-21(12-14-25(23)24)19-9-5-2-6-10-19;2*1-2-4-5-3-1;/h1-17H;1-3H,4H2;1-4H2;/q2*-1;;+2. The number of fused-ring (bicyclic) bond motifs is 3. The van der Waals surface area contributed by atoms with E-state index in [4.69, 9.17) is 0 Å². The van der Waals surface area contributed by atoms with Crippen molar-refractivity contribution < 1.29 is 23.3 Å². The smallest absolute Gasteiger partial charge is 0.0259 e. The van der Waals surface area contributed by atoms with Crippen LogP contribution in [-0.4, -0.2) is 5.43 Å². The molecule has 0 nitrogen and oxygen atoms in total. The Hall–Kier alpha value is -2.67. The van der Waals surface area contributed by atoms with E-state index in [1.165, 1.54) is 43.8 Å². The second-order valence-corrected chi connectivity index (χ2v) is 16.7. The van der Waals surface area contributed by atoms with Crippen LogP contribution in [0, 0.1) is 6.08 Å². The first kappa shape index (κ1) is 25.0. The van der Waals surface area contributed by atoms with Crippen molar-refractivity contribution in [2.75, 3.05) is 0 Å². The predicted octanol–water partition coefficient (Wildman–Crippen LogP) is 9.67. The first-order valence-electron chi connectivity index (χ1n) is 12.8. The molecule has 0 aromatic heterocycles. The van der Waals surface area contributed by atoms with E-state index in [-0.39, 0.29) is 0 Å². The zero-order valence-electron chi connectivity index (χ0n) is 20.6. The zero-order chi connectivity index (χ0) is 24.6. The van der Waals surface area contributed by atoms with Crippen LogP contribution in [-0.2, 0) is 23.3 Å². The molecule has 0 unspecified atom stereocenters. The van der Waals surface area contributed by atoms with Gasteiger partial charge in [0, 0.05) is 0 Å². The maximum absolute atomic E-state index is 2.99. The van der Waals surface area contributed by atoms with Gasteiger partial charge in [-0.05, 0) is 11.1 Å². The summed E-state index contributed by atoms with van der Waals surface area (Å²) in [6.07, 6.45) is 13.1. The third-order valence-corrected chi connectivity index (χ3v) is 12.3. The molecule has 0 bridgehead atoms. The second-order valence-electron chi connectivity index (χ2n) is 9.29. The summed E-state index contributed by atoms with van der Waals surface area (Å²) in [6, 6.07) is 40.3. The van der Waals surface area contributed by atoms with Crippen molar-refractivity contribution >= 4 is 27.0 Å². The van der Waals surface area contributed by atoms with E-state index in [1.807, 2.05) is 35.5 Å². The second kappa shape index (κ2) is 12.5. The molecule has 0 radical (unpaired) electrons. The molecule has 0 N–H and O–H groups in total. The molecule has 5 aromatic carbocycles. The van der Waals surface area contributed by atoms with E-state index in [2.05, 4.69) is 115 Å². The molecule has 0 amide bonds. The van der Waals surface area contributed by atoms with Crippen LogP contribution in [0.25, 0.3) is 43.8 Å². The molecule has 0 atom stereocenters. The summed E-state index contributed by atoms with van der Waals surface area (Å²) in [7, 11) is 0. The fourth-order valence-electron chi connectivity index (χ4n) is 4.78. The van der Waals surface area contributed by atoms with Gasteiger partial charge in [0.05, 0.1) is 0 Å². The van der Waals surface area contributed by atoms with Crippen molar-refractivity contribution in [1.29, 1.82) is 0 Å². The minimum atomic E-state index is 0.333. The van der Waals surface area contributed by atoms with E-state index >= 15 is 0 Å². The number of allylic oxidation sites excluding steroid dienone is 4. The maximum Gasteiger partial charge on any atom is -0.0259 e. The van der Waals surface area contributed by atoms with Crippen molar-refractivity contribution in [3.05, 3.63) is 127 Å². The summed E-state index contributed by atoms with van der Waals surface area (Å²) >= 11 is 1.87. The molecule has 5 aromatic rings. The molecule has 1 aliphatic carbocycles. The Bertz CT molecular complexity index is 1400. The topological polar surface area (TPSA) is 0 Å². The van der Waals surface area contributed by atoms with Gasteiger partial charge in [0.15, 0.2) is 0 Å². The van der Waals surface area contributed by atoms with Gasteiger partial charge in [-0.2, -0.15) is 6.08 Å². The molecule has 7 rings (SSSR count). The first-order valence-corrected chi connectivity index (χ1v) is 18.4. The Morgan fingerprint density at radius 2 is 1.17 bits per heavy atom. The van der Waals surface area contributed by atoms with Gasteiger partial charge in [0.25, 0.3) is 0 Å². The number of hydrogen-bond donors (Lipinski definition) is 0. The van der Waals surface area contributed by atoms with Gasteiger partial charge < -0.3 is 0 Å². The van der Waals surface area contributed by atoms with Crippen molar-refractivity contribution in [2.45, 2.75) is 31.4 Å². The Balaban J connectivity index is 0.000000200. The Labute approximate surface area is 230 Å². The number of rotatable bonds is 2. The SMILES string of the molecule is [C-]1=CC=CC1.[Zr+2]=[Si]1CCCC1.c1ccc(-c2ccc3c(c2)[cH-]c2cc(-c4ccccc4)ccc23)cc1. The van der Waals surface area contributed by atoms with Gasteiger partial charge >= 0.3 is 53.7 Å². The average molecular weight is 558 g/mol. The van der Waals surface area contributed by atoms with Gasteiger partial charge in [-0.15, -0.1) is 46.2 Å². The quantitative estimate of drug-likeness (QED) is 0.150. The Kier molecular flexibility index (Phi) is 8.70. The molecule has 1 heterocycles. The van der Waals surface area contributed by atoms with Gasteiger partial charge in [-0.1, -0.05) is 96.1 Å². The normalized spacial score (nSPS) is 14.0. The first-order chi connectivity index (χ1) is 17.8. The van der Waals surface area contributed by atoms with Crippen molar-refractivity contribution in [3.63, 3.8) is 0 Å². The minimum Gasteiger partial charge on any atom is -0.126 e. The van der Waals surface area contributed by atoms with Gasteiger partial charge in [0.2, 0.25) is 0 Å². The zero-order valence-corrected chi connectivity index (χ0v) is 24.0. The van der Waals surface area contributed by atoms with Crippen molar-refractivity contribution in [2.24, 2.45) is 0 Å². The van der Waals surface area contributed by atoms with E-state index in [0.717, 1.165) is 6.42 Å². The van der Waals surface area contributed by atoms with Crippen LogP contribution >= 0.6 is 0 Å². The number of hydrogen-bond acceptors (Lipinski definition) is 0. The molecule has 1 saturated heterocycles. The summed E-state index contributed by atoms with van der Waals surface area (Å²) in [5.74, 6) is 0. The predicted molar refractivity (Wildman–Crippen MR) is 154 cm³/mol. The molecule has 2 heteroatoms. The molecule has 0 saturated carbocycles. The van der Waals surface area contributed by atoms with Gasteiger partial charge in [-0.25, -0.2) is 12.2 Å². The van der Waals surface area contributed by atoms with E-state index in [1.54, 1.807) is 24.9 Å². The third kappa shape index (κ3) is 6.36. The fraction of sp³-hybridized carbons (Fsp3) is 0.147. The Morgan fingerprint density at radius 3 is 1.53 bits per heavy atom.